The van der Waals surface area contributed by atoms with E-state index in [4.69, 9.17) is 14.2 Å². The summed E-state index contributed by atoms with van der Waals surface area (Å²) in [6.07, 6.45) is 95.6. The van der Waals surface area contributed by atoms with E-state index in [0.29, 0.717) is 12.8 Å². The standard InChI is InChI=1S/C74H120O6/c1-4-7-10-13-16-19-22-25-28-31-34-35-36-37-38-39-41-43-46-49-52-55-58-61-64-67-73(76)79-70-71(69-78-72(75)66-63-60-57-54-51-48-45-42-33-30-27-24-21-18-15-12-9-6-3)80-74(77)68-65-62-59-56-53-50-47-44-40-32-29-26-23-20-17-14-11-8-5-2/h7-8,10-11,16-17,19-20,25-26,28-30,33-35,37-38,40-41,43-44,50,53,71H,4-6,9,12-15,18,21-24,27,31-32,36,39,42,45-49,51-52,54-70H2,1-3H3/b10-7-,11-8-,19-16-,20-17-,28-25-,29-26-,33-30-,35-34-,38-37-,43-41-,44-40-,53-50-. The zero-order valence-electron chi connectivity index (χ0n) is 51.8. The lowest BCUT2D eigenvalue weighted by Gasteiger charge is -2.18. The highest BCUT2D eigenvalue weighted by atomic mass is 16.6. The Hall–Kier alpha value is -4.71. The summed E-state index contributed by atoms with van der Waals surface area (Å²) in [5.41, 5.74) is 0. The third kappa shape index (κ3) is 64.1. The van der Waals surface area contributed by atoms with Crippen LogP contribution in [0, 0.1) is 0 Å². The predicted molar refractivity (Wildman–Crippen MR) is 348 cm³/mol. The first kappa shape index (κ1) is 75.3. The van der Waals surface area contributed by atoms with Gasteiger partial charge in [0, 0.05) is 19.3 Å². The molecule has 0 aliphatic heterocycles. The summed E-state index contributed by atoms with van der Waals surface area (Å²) in [5, 5.41) is 0. The summed E-state index contributed by atoms with van der Waals surface area (Å²) in [4.78, 5) is 38.4. The van der Waals surface area contributed by atoms with E-state index in [9.17, 15) is 14.4 Å². The number of hydrogen-bond acceptors (Lipinski definition) is 6. The van der Waals surface area contributed by atoms with Crippen LogP contribution in [0.15, 0.2) is 146 Å². The second-order valence-electron chi connectivity index (χ2n) is 21.3. The average Bonchev–Trinajstić information content (AvgIpc) is 3.46. The van der Waals surface area contributed by atoms with Crippen molar-refractivity contribution >= 4 is 17.9 Å². The summed E-state index contributed by atoms with van der Waals surface area (Å²) >= 11 is 0. The number of hydrogen-bond donors (Lipinski definition) is 0. The number of ether oxygens (including phenoxy) is 3. The van der Waals surface area contributed by atoms with Crippen LogP contribution in [-0.4, -0.2) is 37.2 Å². The molecule has 6 heteroatoms. The van der Waals surface area contributed by atoms with Gasteiger partial charge in [-0.05, 0) is 141 Å². The van der Waals surface area contributed by atoms with E-state index in [2.05, 4.69) is 167 Å². The van der Waals surface area contributed by atoms with Gasteiger partial charge in [-0.25, -0.2) is 0 Å². The van der Waals surface area contributed by atoms with Crippen molar-refractivity contribution in [1.82, 2.24) is 0 Å². The molecule has 0 spiro atoms. The maximum absolute atomic E-state index is 12.9. The van der Waals surface area contributed by atoms with E-state index in [1.165, 1.54) is 96.3 Å². The monoisotopic (exact) mass is 1100 g/mol. The van der Waals surface area contributed by atoms with Crippen molar-refractivity contribution in [3.63, 3.8) is 0 Å². The largest absolute Gasteiger partial charge is 0.462 e. The number of carbonyl (C=O) groups is 3. The molecular formula is C74H120O6. The predicted octanol–water partition coefficient (Wildman–Crippen LogP) is 22.7. The molecule has 0 bridgehead atoms. The summed E-state index contributed by atoms with van der Waals surface area (Å²) in [7, 11) is 0. The molecule has 0 aromatic carbocycles. The van der Waals surface area contributed by atoms with Gasteiger partial charge in [-0.15, -0.1) is 0 Å². The van der Waals surface area contributed by atoms with Crippen LogP contribution in [0.1, 0.15) is 284 Å². The molecule has 0 N–H and O–H groups in total. The van der Waals surface area contributed by atoms with E-state index in [0.717, 1.165) is 148 Å². The molecule has 0 aromatic rings. The highest BCUT2D eigenvalue weighted by molar-refractivity contribution is 5.71. The third-order valence-electron chi connectivity index (χ3n) is 13.6. The third-order valence-corrected chi connectivity index (χ3v) is 13.6. The van der Waals surface area contributed by atoms with E-state index >= 15 is 0 Å². The molecule has 0 saturated carbocycles. The summed E-state index contributed by atoms with van der Waals surface area (Å²) in [6.45, 7) is 6.38. The van der Waals surface area contributed by atoms with Gasteiger partial charge in [0.2, 0.25) is 0 Å². The van der Waals surface area contributed by atoms with Crippen LogP contribution in [0.4, 0.5) is 0 Å². The van der Waals surface area contributed by atoms with Crippen molar-refractivity contribution in [1.29, 1.82) is 0 Å². The SMILES string of the molecule is CC/C=C\C/C=C\C/C=C\C/C=C\C/C=C\C/C=C\CCCCCCCCC(=O)OCC(COC(=O)CCCCCCCCC/C=C\CCCCCCCCC)OC(=O)CCCCC/C=C\C/C=C\C/C=C\C/C=C\C/C=C\CC. The van der Waals surface area contributed by atoms with Crippen molar-refractivity contribution in [2.45, 2.75) is 290 Å². The van der Waals surface area contributed by atoms with E-state index in [1.54, 1.807) is 0 Å². The summed E-state index contributed by atoms with van der Waals surface area (Å²) < 4.78 is 16.9. The number of allylic oxidation sites excluding steroid dienone is 24. The van der Waals surface area contributed by atoms with Crippen molar-refractivity contribution < 1.29 is 28.6 Å². The molecule has 0 aliphatic rings. The van der Waals surface area contributed by atoms with Crippen molar-refractivity contribution in [3.05, 3.63) is 146 Å². The number of unbranched alkanes of at least 4 members (excludes halogenated alkanes) is 23. The molecule has 1 atom stereocenters. The van der Waals surface area contributed by atoms with Gasteiger partial charge in [0.25, 0.3) is 0 Å². The van der Waals surface area contributed by atoms with Crippen LogP contribution in [0.3, 0.4) is 0 Å². The first-order valence-corrected chi connectivity index (χ1v) is 32.8. The lowest BCUT2D eigenvalue weighted by atomic mass is 10.1. The molecule has 0 radical (unpaired) electrons. The number of rotatable bonds is 58. The Labute approximate surface area is 493 Å². The molecule has 0 heterocycles. The Balaban J connectivity index is 4.49. The minimum absolute atomic E-state index is 0.103. The van der Waals surface area contributed by atoms with Gasteiger partial charge in [-0.3, -0.25) is 14.4 Å². The Morgan fingerprint density at radius 3 is 0.787 bits per heavy atom. The molecule has 6 nitrogen and oxygen atoms in total. The van der Waals surface area contributed by atoms with Crippen LogP contribution in [0.2, 0.25) is 0 Å². The Kier molecular flexibility index (Phi) is 62.9. The molecular weight excluding hydrogens is 985 g/mol. The molecule has 0 rings (SSSR count). The van der Waals surface area contributed by atoms with Gasteiger partial charge in [0.1, 0.15) is 13.2 Å². The van der Waals surface area contributed by atoms with Gasteiger partial charge < -0.3 is 14.2 Å². The van der Waals surface area contributed by atoms with E-state index < -0.39 is 6.10 Å². The fraction of sp³-hybridized carbons (Fsp3) is 0.635. The van der Waals surface area contributed by atoms with Gasteiger partial charge in [0.15, 0.2) is 6.10 Å². The minimum Gasteiger partial charge on any atom is -0.462 e. The molecule has 452 valence electrons. The van der Waals surface area contributed by atoms with E-state index in [-0.39, 0.29) is 37.5 Å². The normalized spacial score (nSPS) is 13.1. The first-order chi connectivity index (χ1) is 39.5. The zero-order valence-corrected chi connectivity index (χ0v) is 51.8. The first-order valence-electron chi connectivity index (χ1n) is 32.8. The maximum Gasteiger partial charge on any atom is 0.306 e. The molecule has 0 aliphatic carbocycles. The van der Waals surface area contributed by atoms with Crippen molar-refractivity contribution in [2.24, 2.45) is 0 Å². The lowest BCUT2D eigenvalue weighted by molar-refractivity contribution is -0.167. The quantitative estimate of drug-likeness (QED) is 0.0261. The zero-order chi connectivity index (χ0) is 57.8. The van der Waals surface area contributed by atoms with Gasteiger partial charge in [-0.1, -0.05) is 269 Å². The average molecular weight is 1110 g/mol. The van der Waals surface area contributed by atoms with Crippen LogP contribution < -0.4 is 0 Å². The summed E-state index contributed by atoms with van der Waals surface area (Å²) in [6, 6.07) is 0. The van der Waals surface area contributed by atoms with Crippen LogP contribution in [-0.2, 0) is 28.6 Å². The van der Waals surface area contributed by atoms with E-state index in [1.807, 2.05) is 0 Å². The topological polar surface area (TPSA) is 78.9 Å². The Morgan fingerprint density at radius 2 is 0.487 bits per heavy atom. The van der Waals surface area contributed by atoms with Crippen LogP contribution in [0.25, 0.3) is 0 Å². The van der Waals surface area contributed by atoms with Crippen molar-refractivity contribution in [2.75, 3.05) is 13.2 Å². The minimum atomic E-state index is -0.812. The van der Waals surface area contributed by atoms with Gasteiger partial charge in [0.05, 0.1) is 0 Å². The highest BCUT2D eigenvalue weighted by Gasteiger charge is 2.19. The number of carbonyl (C=O) groups excluding carboxylic acids is 3. The molecule has 80 heavy (non-hydrogen) atoms. The summed E-state index contributed by atoms with van der Waals surface area (Å²) in [5.74, 6) is -0.953. The maximum atomic E-state index is 12.9. The molecule has 0 aromatic heterocycles. The molecule has 0 fully saturated rings. The highest BCUT2D eigenvalue weighted by Crippen LogP contribution is 2.15. The lowest BCUT2D eigenvalue weighted by Crippen LogP contribution is -2.30. The van der Waals surface area contributed by atoms with Crippen LogP contribution in [0.5, 0.6) is 0 Å². The fourth-order valence-electron chi connectivity index (χ4n) is 8.70. The molecule has 1 unspecified atom stereocenters. The molecule has 0 saturated heterocycles. The Bertz CT molecular complexity index is 1750. The fourth-order valence-corrected chi connectivity index (χ4v) is 8.70. The second kappa shape index (κ2) is 66.8. The van der Waals surface area contributed by atoms with Crippen molar-refractivity contribution in [3.8, 4) is 0 Å². The number of esters is 3. The second-order valence-corrected chi connectivity index (χ2v) is 21.3. The smallest absolute Gasteiger partial charge is 0.306 e. The molecule has 0 amide bonds. The van der Waals surface area contributed by atoms with Gasteiger partial charge >= 0.3 is 17.9 Å². The van der Waals surface area contributed by atoms with Crippen LogP contribution >= 0.6 is 0 Å². The Morgan fingerprint density at radius 1 is 0.263 bits per heavy atom. The van der Waals surface area contributed by atoms with Gasteiger partial charge in [-0.2, -0.15) is 0 Å².